The van der Waals surface area contributed by atoms with E-state index in [2.05, 4.69) is 21.5 Å². The Balaban J connectivity index is 1.78. The monoisotopic (exact) mass is 514 g/mol. The summed E-state index contributed by atoms with van der Waals surface area (Å²) in [5.41, 5.74) is 2.19. The highest BCUT2D eigenvalue weighted by atomic mass is 35.5. The van der Waals surface area contributed by atoms with Gasteiger partial charge in [0.15, 0.2) is 5.82 Å². The number of pyridine rings is 3. The van der Waals surface area contributed by atoms with E-state index in [0.29, 0.717) is 28.7 Å². The molecule has 0 amide bonds. The van der Waals surface area contributed by atoms with Gasteiger partial charge >= 0.3 is 0 Å². The van der Waals surface area contributed by atoms with Crippen molar-refractivity contribution < 1.29 is 18.6 Å². The molecule has 1 unspecified atom stereocenters. The second kappa shape index (κ2) is 11.8. The molecule has 7 nitrogen and oxygen atoms in total. The van der Waals surface area contributed by atoms with Gasteiger partial charge in [-0.15, -0.1) is 0 Å². The van der Waals surface area contributed by atoms with E-state index in [1.54, 1.807) is 32.3 Å². The first-order valence-electron chi connectivity index (χ1n) is 10.9. The summed E-state index contributed by atoms with van der Waals surface area (Å²) >= 11 is 6.21. The third kappa shape index (κ3) is 6.50. The van der Waals surface area contributed by atoms with Crippen LogP contribution in [0.3, 0.4) is 0 Å². The predicted octanol–water partition coefficient (Wildman–Crippen LogP) is 5.16. The number of nitrogens with zero attached hydrogens (tertiary/aromatic N) is 4. The van der Waals surface area contributed by atoms with Gasteiger partial charge < -0.3 is 9.84 Å². The van der Waals surface area contributed by atoms with Gasteiger partial charge in [-0.25, -0.2) is 8.78 Å². The molecule has 0 spiro atoms. The third-order valence-electron chi connectivity index (χ3n) is 5.19. The fourth-order valence-corrected chi connectivity index (χ4v) is 3.32. The van der Waals surface area contributed by atoms with Crippen LogP contribution in [0.5, 0.6) is 5.75 Å². The molecule has 3 heterocycles. The van der Waals surface area contributed by atoms with Crippen molar-refractivity contribution >= 4 is 29.7 Å². The normalized spacial score (nSPS) is 12.7. The van der Waals surface area contributed by atoms with E-state index in [-0.39, 0.29) is 35.6 Å². The van der Waals surface area contributed by atoms with E-state index in [1.807, 2.05) is 19.1 Å². The lowest BCUT2D eigenvalue weighted by Crippen LogP contribution is -2.20. The third-order valence-corrected chi connectivity index (χ3v) is 5.54. The largest absolute Gasteiger partial charge is 0.485 e. The zero-order valence-corrected chi connectivity index (χ0v) is 20.8. The molecule has 0 saturated heterocycles. The van der Waals surface area contributed by atoms with Crippen LogP contribution in [0.15, 0.2) is 58.5 Å². The molecule has 0 fully saturated rings. The first-order valence-corrected chi connectivity index (χ1v) is 11.3. The molecule has 0 saturated carbocycles. The number of aliphatic imine (C=N–C) groups is 1. The maximum atomic E-state index is 13.8. The highest BCUT2D eigenvalue weighted by molar-refractivity contribution is 6.31. The maximum Gasteiger partial charge on any atom is 0.277 e. The van der Waals surface area contributed by atoms with E-state index in [4.69, 9.17) is 16.3 Å². The van der Waals surface area contributed by atoms with Crippen LogP contribution in [0.2, 0.25) is 5.02 Å². The predicted molar refractivity (Wildman–Crippen MR) is 136 cm³/mol. The fourth-order valence-electron chi connectivity index (χ4n) is 3.12. The molecular formula is C26H25ClF2N4O3. The molecule has 188 valence electrons. The molecule has 0 aliphatic carbocycles. The van der Waals surface area contributed by atoms with Crippen LogP contribution in [0.4, 0.5) is 8.78 Å². The molecule has 1 N–H and O–H groups in total. The van der Waals surface area contributed by atoms with Crippen molar-refractivity contribution in [2.75, 3.05) is 6.61 Å². The van der Waals surface area contributed by atoms with Crippen molar-refractivity contribution in [2.24, 2.45) is 4.99 Å². The Bertz CT molecular complexity index is 1400. The highest BCUT2D eigenvalue weighted by Gasteiger charge is 2.14. The number of rotatable bonds is 9. The van der Waals surface area contributed by atoms with Crippen LogP contribution in [0.1, 0.15) is 42.5 Å². The van der Waals surface area contributed by atoms with Gasteiger partial charge in [0, 0.05) is 41.9 Å². The average Bonchev–Trinajstić information content (AvgIpc) is 2.86. The quantitative estimate of drug-likeness (QED) is 0.399. The van der Waals surface area contributed by atoms with Gasteiger partial charge in [-0.3, -0.25) is 24.3 Å². The number of aromatic nitrogens is 3. The number of ether oxygens (including phenoxy) is 1. The van der Waals surface area contributed by atoms with E-state index < -0.39 is 17.2 Å². The van der Waals surface area contributed by atoms with Gasteiger partial charge in [0.1, 0.15) is 28.9 Å². The highest BCUT2D eigenvalue weighted by Crippen LogP contribution is 2.23. The summed E-state index contributed by atoms with van der Waals surface area (Å²) in [5, 5.41) is 9.14. The Morgan fingerprint density at radius 1 is 1.36 bits per heavy atom. The molecule has 0 aromatic carbocycles. The molecule has 3 aromatic rings. The van der Waals surface area contributed by atoms with E-state index in [1.165, 1.54) is 10.6 Å². The van der Waals surface area contributed by atoms with Crippen LogP contribution in [-0.2, 0) is 6.61 Å². The lowest BCUT2D eigenvalue weighted by atomic mass is 10.1. The average molecular weight is 515 g/mol. The van der Waals surface area contributed by atoms with Gasteiger partial charge in [0.25, 0.3) is 5.56 Å². The van der Waals surface area contributed by atoms with E-state index >= 15 is 0 Å². The maximum absolute atomic E-state index is 13.8. The molecule has 3 rings (SSSR count). The van der Waals surface area contributed by atoms with Gasteiger partial charge in [-0.1, -0.05) is 31.2 Å². The Morgan fingerprint density at radius 3 is 2.81 bits per heavy atom. The van der Waals surface area contributed by atoms with Crippen LogP contribution >= 0.6 is 11.6 Å². The van der Waals surface area contributed by atoms with Gasteiger partial charge in [-0.05, 0) is 31.6 Å². The molecule has 0 bridgehead atoms. The summed E-state index contributed by atoms with van der Waals surface area (Å²) < 4.78 is 33.6. The van der Waals surface area contributed by atoms with Gasteiger partial charge in [0.2, 0.25) is 0 Å². The zero-order chi connectivity index (χ0) is 26.4. The van der Waals surface area contributed by atoms with Gasteiger partial charge in [-0.2, -0.15) is 0 Å². The second-order valence-corrected chi connectivity index (χ2v) is 8.50. The minimum absolute atomic E-state index is 0.0193. The first-order chi connectivity index (χ1) is 17.1. The number of hydrogen-bond donors (Lipinski definition) is 1. The fraction of sp³-hybridized carbons (Fsp3) is 0.231. The molecule has 10 heteroatoms. The molecule has 0 aliphatic heterocycles. The Hall–Kier alpha value is -3.69. The summed E-state index contributed by atoms with van der Waals surface area (Å²) in [5.74, 6) is -1.72. The van der Waals surface area contributed by atoms with Crippen LogP contribution in [0, 0.1) is 18.6 Å². The molecule has 3 aromatic heterocycles. The number of aryl methyl sites for hydroxylation is 1. The van der Waals surface area contributed by atoms with Crippen LogP contribution in [-0.4, -0.2) is 32.5 Å². The van der Waals surface area contributed by atoms with Gasteiger partial charge in [0.05, 0.1) is 24.2 Å². The standard InChI is InChI=1S/C26H25ClF2N4O3/c1-15(10-30-18(4)22-7-5-6-21(32-22)16(2)13-34)12-33-17(3)8-24(25(27)26(33)35)36-14-23-20(29)9-19(28)11-31-23/h5-12,16,34H,4,13-14H2,1-3H3/b15-12+,30-10?. The molecule has 1 atom stereocenters. The summed E-state index contributed by atoms with van der Waals surface area (Å²) in [6.07, 6.45) is 3.97. The number of aliphatic hydroxyl groups is 1. The Kier molecular flexibility index (Phi) is 8.84. The van der Waals surface area contributed by atoms with Crippen molar-refractivity contribution in [3.63, 3.8) is 0 Å². The number of halogens is 3. The summed E-state index contributed by atoms with van der Waals surface area (Å²) in [7, 11) is 0. The number of allylic oxidation sites excluding steroid dienone is 1. The summed E-state index contributed by atoms with van der Waals surface area (Å²) in [6, 6.07) is 7.64. The number of aliphatic hydroxyl groups excluding tert-OH is 1. The lowest BCUT2D eigenvalue weighted by molar-refractivity contribution is 0.271. The smallest absolute Gasteiger partial charge is 0.277 e. The van der Waals surface area contributed by atoms with E-state index in [0.717, 1.165) is 11.9 Å². The minimum Gasteiger partial charge on any atom is -0.485 e. The van der Waals surface area contributed by atoms with Crippen molar-refractivity contribution in [3.05, 3.63) is 98.5 Å². The topological polar surface area (TPSA) is 89.6 Å². The molecular weight excluding hydrogens is 490 g/mol. The Labute approximate surface area is 212 Å². The summed E-state index contributed by atoms with van der Waals surface area (Å²) in [6.45, 7) is 8.89. The van der Waals surface area contributed by atoms with Crippen molar-refractivity contribution in [2.45, 2.75) is 33.3 Å². The molecule has 0 aliphatic rings. The van der Waals surface area contributed by atoms with Crippen molar-refractivity contribution in [1.29, 1.82) is 0 Å². The number of hydrogen-bond acceptors (Lipinski definition) is 6. The van der Waals surface area contributed by atoms with E-state index in [9.17, 15) is 18.7 Å². The van der Waals surface area contributed by atoms with Crippen LogP contribution < -0.4 is 10.3 Å². The second-order valence-electron chi connectivity index (χ2n) is 8.12. The van der Waals surface area contributed by atoms with Crippen molar-refractivity contribution in [1.82, 2.24) is 14.5 Å². The SMILES string of the molecule is C=C(N=C/C(C)=C/n1c(C)cc(OCc2ncc(F)cc2F)c(Cl)c1=O)c1cccc(C(C)CO)n1. The first kappa shape index (κ1) is 26.9. The van der Waals surface area contributed by atoms with Crippen molar-refractivity contribution in [3.8, 4) is 5.75 Å². The zero-order valence-electron chi connectivity index (χ0n) is 20.0. The lowest BCUT2D eigenvalue weighted by Gasteiger charge is -2.12. The Morgan fingerprint density at radius 2 is 2.11 bits per heavy atom. The molecule has 0 radical (unpaired) electrons. The minimum atomic E-state index is -0.861. The van der Waals surface area contributed by atoms with Crippen LogP contribution in [0.25, 0.3) is 11.9 Å². The molecule has 36 heavy (non-hydrogen) atoms. The summed E-state index contributed by atoms with van der Waals surface area (Å²) in [4.78, 5) is 25.3.